The largest absolute Gasteiger partial charge is 0.379 e. The van der Waals surface area contributed by atoms with Gasteiger partial charge in [0.15, 0.2) is 6.10 Å². The summed E-state index contributed by atoms with van der Waals surface area (Å²) in [6.45, 7) is 1.11. The number of halogens is 2. The van der Waals surface area contributed by atoms with Crippen molar-refractivity contribution >= 4 is 29.1 Å². The van der Waals surface area contributed by atoms with Crippen LogP contribution in [0.4, 0.5) is 0 Å². The van der Waals surface area contributed by atoms with Gasteiger partial charge in [-0.2, -0.15) is 0 Å². The van der Waals surface area contributed by atoms with E-state index in [0.29, 0.717) is 28.8 Å². The maximum atomic E-state index is 11.8. The van der Waals surface area contributed by atoms with Crippen LogP contribution in [0.3, 0.4) is 0 Å². The molecule has 0 spiro atoms. The van der Waals surface area contributed by atoms with E-state index in [1.807, 2.05) is 0 Å². The molecule has 1 heterocycles. The fourth-order valence-electron chi connectivity index (χ4n) is 1.81. The predicted octanol–water partition coefficient (Wildman–Crippen LogP) is 1.93. The molecule has 1 amide bonds. The average Bonchev–Trinajstić information content (AvgIpc) is 2.79. The minimum atomic E-state index is -1.28. The number of aliphatic hydroxyl groups excluding tert-OH is 1. The van der Waals surface area contributed by atoms with Crippen molar-refractivity contribution in [2.75, 3.05) is 13.2 Å². The van der Waals surface area contributed by atoms with E-state index in [2.05, 4.69) is 5.32 Å². The molecule has 2 atom stereocenters. The molecule has 98 valence electrons. The Morgan fingerprint density at radius 1 is 1.39 bits per heavy atom. The normalized spacial score (nSPS) is 20.7. The van der Waals surface area contributed by atoms with Crippen molar-refractivity contribution in [2.24, 2.45) is 0 Å². The third-order valence-electron chi connectivity index (χ3n) is 2.73. The van der Waals surface area contributed by atoms with Gasteiger partial charge in [0, 0.05) is 16.7 Å². The first-order valence-corrected chi connectivity index (χ1v) is 6.34. The molecular weight excluding hydrogens is 277 g/mol. The van der Waals surface area contributed by atoms with Gasteiger partial charge < -0.3 is 15.2 Å². The van der Waals surface area contributed by atoms with Gasteiger partial charge in [0.05, 0.1) is 12.6 Å². The summed E-state index contributed by atoms with van der Waals surface area (Å²) in [5, 5.41) is 13.4. The van der Waals surface area contributed by atoms with Crippen LogP contribution >= 0.6 is 23.2 Å². The second-order valence-electron chi connectivity index (χ2n) is 4.17. The molecule has 4 nitrogen and oxygen atoms in total. The first-order chi connectivity index (χ1) is 8.56. The fraction of sp³-hybridized carbons (Fsp3) is 0.417. The van der Waals surface area contributed by atoms with Crippen molar-refractivity contribution < 1.29 is 14.6 Å². The summed E-state index contributed by atoms with van der Waals surface area (Å²) in [4.78, 5) is 11.8. The number of nitrogens with one attached hydrogen (secondary N) is 1. The van der Waals surface area contributed by atoms with Crippen molar-refractivity contribution in [2.45, 2.75) is 18.6 Å². The Bertz CT molecular complexity index is 427. The second-order valence-corrected chi connectivity index (χ2v) is 5.05. The minimum Gasteiger partial charge on any atom is -0.379 e. The average molecular weight is 290 g/mol. The maximum Gasteiger partial charge on any atom is 0.253 e. The van der Waals surface area contributed by atoms with Crippen molar-refractivity contribution in [1.82, 2.24) is 5.32 Å². The molecule has 1 aliphatic heterocycles. The van der Waals surface area contributed by atoms with Gasteiger partial charge in [0.2, 0.25) is 0 Å². The van der Waals surface area contributed by atoms with Crippen LogP contribution in [0.15, 0.2) is 18.2 Å². The number of carbonyl (C=O) groups excluding carboxylic acids is 1. The van der Waals surface area contributed by atoms with Gasteiger partial charge in [-0.3, -0.25) is 4.79 Å². The lowest BCUT2D eigenvalue weighted by Gasteiger charge is -2.15. The lowest BCUT2D eigenvalue weighted by atomic mass is 10.1. The van der Waals surface area contributed by atoms with E-state index in [-0.39, 0.29) is 6.04 Å². The number of benzene rings is 1. The molecule has 0 saturated carbocycles. The highest BCUT2D eigenvalue weighted by Crippen LogP contribution is 2.23. The second kappa shape index (κ2) is 5.89. The quantitative estimate of drug-likeness (QED) is 0.894. The van der Waals surface area contributed by atoms with E-state index in [9.17, 15) is 9.90 Å². The lowest BCUT2D eigenvalue weighted by Crippen LogP contribution is -2.38. The summed E-state index contributed by atoms with van der Waals surface area (Å²) in [6, 6.07) is 4.54. The van der Waals surface area contributed by atoms with Gasteiger partial charge in [-0.15, -0.1) is 0 Å². The van der Waals surface area contributed by atoms with Crippen LogP contribution in [0.25, 0.3) is 0 Å². The van der Waals surface area contributed by atoms with E-state index in [4.69, 9.17) is 27.9 Å². The maximum absolute atomic E-state index is 11.8. The summed E-state index contributed by atoms with van der Waals surface area (Å²) in [5.41, 5.74) is 0.379. The van der Waals surface area contributed by atoms with Crippen LogP contribution < -0.4 is 5.32 Å². The summed E-state index contributed by atoms with van der Waals surface area (Å²) in [5.74, 6) is -0.469. The van der Waals surface area contributed by atoms with Crippen LogP contribution in [-0.2, 0) is 9.53 Å². The first kappa shape index (κ1) is 13.6. The number of hydrogen-bond acceptors (Lipinski definition) is 3. The zero-order valence-corrected chi connectivity index (χ0v) is 11.0. The third kappa shape index (κ3) is 3.36. The third-order valence-corrected chi connectivity index (χ3v) is 3.16. The van der Waals surface area contributed by atoms with E-state index >= 15 is 0 Å². The standard InChI is InChI=1S/C12H13Cl2NO3/c13-8-3-7(4-9(14)5-8)11(16)12(17)15-10-1-2-18-6-10/h3-5,10-11,16H,1-2,6H2,(H,15,17). The van der Waals surface area contributed by atoms with Crippen LogP contribution in [0, 0.1) is 0 Å². The van der Waals surface area contributed by atoms with Crippen LogP contribution in [0.5, 0.6) is 0 Å². The van der Waals surface area contributed by atoms with Crippen LogP contribution in [-0.4, -0.2) is 30.3 Å². The van der Waals surface area contributed by atoms with Gasteiger partial charge in [0.25, 0.3) is 5.91 Å². The lowest BCUT2D eigenvalue weighted by molar-refractivity contribution is -0.130. The topological polar surface area (TPSA) is 58.6 Å². The van der Waals surface area contributed by atoms with Gasteiger partial charge in [0.1, 0.15) is 0 Å². The number of hydrogen-bond donors (Lipinski definition) is 2. The van der Waals surface area contributed by atoms with Crippen LogP contribution in [0.2, 0.25) is 10.0 Å². The van der Waals surface area contributed by atoms with E-state index < -0.39 is 12.0 Å². The minimum absolute atomic E-state index is 0.0400. The number of ether oxygens (including phenoxy) is 1. The Balaban J connectivity index is 2.04. The highest BCUT2D eigenvalue weighted by molar-refractivity contribution is 6.34. The van der Waals surface area contributed by atoms with Crippen molar-refractivity contribution in [3.05, 3.63) is 33.8 Å². The molecular formula is C12H13Cl2NO3. The number of aliphatic hydroxyl groups is 1. The van der Waals surface area contributed by atoms with Crippen molar-refractivity contribution in [3.8, 4) is 0 Å². The zero-order valence-electron chi connectivity index (χ0n) is 9.53. The number of carbonyl (C=O) groups is 1. The predicted molar refractivity (Wildman–Crippen MR) is 68.8 cm³/mol. The molecule has 0 aromatic heterocycles. The molecule has 1 aromatic rings. The molecule has 2 unspecified atom stereocenters. The summed E-state index contributed by atoms with van der Waals surface area (Å²) in [6.07, 6.45) is -0.517. The Labute approximate surface area is 115 Å². The van der Waals surface area contributed by atoms with E-state index in [0.717, 1.165) is 6.42 Å². The van der Waals surface area contributed by atoms with Gasteiger partial charge in [-0.25, -0.2) is 0 Å². The first-order valence-electron chi connectivity index (χ1n) is 5.58. The summed E-state index contributed by atoms with van der Waals surface area (Å²) in [7, 11) is 0. The molecule has 0 bridgehead atoms. The highest BCUT2D eigenvalue weighted by atomic mass is 35.5. The fourth-order valence-corrected chi connectivity index (χ4v) is 2.36. The number of rotatable bonds is 3. The molecule has 2 rings (SSSR count). The van der Waals surface area contributed by atoms with Gasteiger partial charge in [-0.05, 0) is 30.2 Å². The molecule has 1 fully saturated rings. The zero-order chi connectivity index (χ0) is 13.1. The molecule has 2 N–H and O–H groups in total. The van der Waals surface area contributed by atoms with Gasteiger partial charge in [-0.1, -0.05) is 23.2 Å². The molecule has 0 radical (unpaired) electrons. The Kier molecular flexibility index (Phi) is 4.45. The van der Waals surface area contributed by atoms with E-state index in [1.165, 1.54) is 12.1 Å². The van der Waals surface area contributed by atoms with Gasteiger partial charge >= 0.3 is 0 Å². The Hall–Kier alpha value is -0.810. The highest BCUT2D eigenvalue weighted by Gasteiger charge is 2.23. The summed E-state index contributed by atoms with van der Waals surface area (Å²) >= 11 is 11.6. The van der Waals surface area contributed by atoms with Crippen LogP contribution in [0.1, 0.15) is 18.1 Å². The Morgan fingerprint density at radius 2 is 2.06 bits per heavy atom. The molecule has 0 aliphatic carbocycles. The molecule has 1 aliphatic rings. The molecule has 1 saturated heterocycles. The molecule has 6 heteroatoms. The van der Waals surface area contributed by atoms with Crippen molar-refractivity contribution in [3.63, 3.8) is 0 Å². The smallest absolute Gasteiger partial charge is 0.253 e. The van der Waals surface area contributed by atoms with E-state index in [1.54, 1.807) is 6.07 Å². The molecule has 1 aromatic carbocycles. The SMILES string of the molecule is O=C(NC1CCOC1)C(O)c1cc(Cl)cc(Cl)c1. The number of amides is 1. The van der Waals surface area contributed by atoms with Crippen molar-refractivity contribution in [1.29, 1.82) is 0 Å². The molecule has 18 heavy (non-hydrogen) atoms. The Morgan fingerprint density at radius 3 is 2.61 bits per heavy atom. The summed E-state index contributed by atoms with van der Waals surface area (Å²) < 4.78 is 5.14. The monoisotopic (exact) mass is 289 g/mol.